The van der Waals surface area contributed by atoms with Crippen LogP contribution in [0.2, 0.25) is 0 Å². The average molecular weight is 426 g/mol. The molecule has 1 aliphatic rings. The van der Waals surface area contributed by atoms with E-state index in [1.807, 2.05) is 24.3 Å². The minimum absolute atomic E-state index is 0.0503. The monoisotopic (exact) mass is 426 g/mol. The number of carbonyl (C=O) groups is 3. The van der Waals surface area contributed by atoms with Crippen molar-refractivity contribution in [3.63, 3.8) is 0 Å². The minimum atomic E-state index is -1.21. The number of rotatable bonds is 12. The fourth-order valence-corrected chi connectivity index (χ4v) is 3.16. The fraction of sp³-hybridized carbons (Fsp3) is 0.550. The van der Waals surface area contributed by atoms with Crippen LogP contribution in [0.1, 0.15) is 30.4 Å². The van der Waals surface area contributed by atoms with Crippen LogP contribution in [0.4, 0.5) is 4.39 Å². The molecule has 1 fully saturated rings. The number of benzene rings is 1. The second-order valence-electron chi connectivity index (χ2n) is 7.11. The first kappa shape index (κ1) is 23.7. The highest BCUT2D eigenvalue weighted by Crippen LogP contribution is 2.23. The number of aliphatic carboxylic acids is 2. The van der Waals surface area contributed by atoms with Gasteiger partial charge in [0.1, 0.15) is 18.8 Å². The minimum Gasteiger partial charge on any atom is -0.480 e. The molecule has 0 spiro atoms. The van der Waals surface area contributed by atoms with Crippen LogP contribution >= 0.6 is 0 Å². The lowest BCUT2D eigenvalue weighted by atomic mass is 10.1. The van der Waals surface area contributed by atoms with Crippen LogP contribution in [0, 0.1) is 0 Å². The molecular formula is C20H27FN2O7. The molecule has 0 saturated carbocycles. The largest absolute Gasteiger partial charge is 0.480 e. The highest BCUT2D eigenvalue weighted by molar-refractivity contribution is 5.85. The Morgan fingerprint density at radius 2 is 1.80 bits per heavy atom. The molecule has 10 heteroatoms. The first-order valence-corrected chi connectivity index (χ1v) is 9.65. The van der Waals surface area contributed by atoms with Gasteiger partial charge < -0.3 is 30.3 Å². The number of carbonyl (C=O) groups excluding carboxylic acids is 1. The van der Waals surface area contributed by atoms with Crippen molar-refractivity contribution in [1.29, 1.82) is 0 Å². The molecule has 0 aliphatic carbocycles. The third-order valence-electron chi connectivity index (χ3n) is 4.85. The lowest BCUT2D eigenvalue weighted by molar-refractivity contribution is -0.148. The summed E-state index contributed by atoms with van der Waals surface area (Å²) in [6.45, 7) is 0.198. The van der Waals surface area contributed by atoms with E-state index in [4.69, 9.17) is 20.3 Å². The molecule has 1 amide bonds. The number of nitrogens with zero attached hydrogens (tertiary/aromatic N) is 1. The van der Waals surface area contributed by atoms with Gasteiger partial charge in [0.05, 0.1) is 25.9 Å². The Bertz CT molecular complexity index is 728. The molecule has 30 heavy (non-hydrogen) atoms. The summed E-state index contributed by atoms with van der Waals surface area (Å²) in [6.07, 6.45) is -0.503. The van der Waals surface area contributed by atoms with Crippen LogP contribution in [0.15, 0.2) is 24.3 Å². The fourth-order valence-electron chi connectivity index (χ4n) is 3.16. The SMILES string of the molecule is N[C@@H](CCC(=O)N1C[C@H](OCc2ccc(COCCF)cc2)C[C@H]1C(=O)O)C(=O)O. The molecule has 2 rings (SSSR count). The summed E-state index contributed by atoms with van der Waals surface area (Å²) in [6, 6.07) is 5.18. The van der Waals surface area contributed by atoms with Crippen LogP contribution in [-0.4, -0.2) is 71.0 Å². The van der Waals surface area contributed by atoms with Gasteiger partial charge >= 0.3 is 11.9 Å². The summed E-state index contributed by atoms with van der Waals surface area (Å²) in [5, 5.41) is 18.2. The van der Waals surface area contributed by atoms with Crippen molar-refractivity contribution < 1.29 is 38.5 Å². The molecule has 1 heterocycles. The molecule has 1 aromatic rings. The molecule has 4 N–H and O–H groups in total. The number of carboxylic acids is 2. The quantitative estimate of drug-likeness (QED) is 0.420. The third-order valence-corrected chi connectivity index (χ3v) is 4.85. The number of alkyl halides is 1. The number of carboxylic acid groups (broad SMARTS) is 2. The van der Waals surface area contributed by atoms with Crippen LogP contribution in [-0.2, 0) is 37.1 Å². The van der Waals surface area contributed by atoms with E-state index in [1.54, 1.807) is 0 Å². The van der Waals surface area contributed by atoms with Crippen molar-refractivity contribution in [2.75, 3.05) is 19.8 Å². The van der Waals surface area contributed by atoms with Crippen molar-refractivity contribution in [3.8, 4) is 0 Å². The molecule has 9 nitrogen and oxygen atoms in total. The molecule has 0 unspecified atom stereocenters. The van der Waals surface area contributed by atoms with E-state index < -0.39 is 42.7 Å². The van der Waals surface area contributed by atoms with Gasteiger partial charge in [-0.2, -0.15) is 0 Å². The highest BCUT2D eigenvalue weighted by Gasteiger charge is 2.40. The number of nitrogens with two attached hydrogens (primary N) is 1. The van der Waals surface area contributed by atoms with E-state index in [1.165, 1.54) is 4.90 Å². The first-order chi connectivity index (χ1) is 14.3. The molecular weight excluding hydrogens is 399 g/mol. The van der Waals surface area contributed by atoms with Crippen molar-refractivity contribution >= 4 is 17.8 Å². The maximum Gasteiger partial charge on any atom is 0.326 e. The second kappa shape index (κ2) is 11.6. The van der Waals surface area contributed by atoms with Gasteiger partial charge in [0.15, 0.2) is 0 Å². The van der Waals surface area contributed by atoms with Crippen molar-refractivity contribution in [2.45, 2.75) is 50.7 Å². The molecule has 0 bridgehead atoms. The van der Waals surface area contributed by atoms with Gasteiger partial charge in [0, 0.05) is 19.4 Å². The topological polar surface area (TPSA) is 139 Å². The van der Waals surface area contributed by atoms with Crippen LogP contribution in [0.5, 0.6) is 0 Å². The number of ether oxygens (including phenoxy) is 2. The molecule has 1 aliphatic heterocycles. The van der Waals surface area contributed by atoms with E-state index in [9.17, 15) is 23.9 Å². The number of likely N-dealkylation sites (tertiary alicyclic amines) is 1. The predicted molar refractivity (Wildman–Crippen MR) is 103 cm³/mol. The van der Waals surface area contributed by atoms with Gasteiger partial charge in [-0.1, -0.05) is 24.3 Å². The Morgan fingerprint density at radius 3 is 2.37 bits per heavy atom. The maximum absolute atomic E-state index is 12.4. The molecule has 166 valence electrons. The van der Waals surface area contributed by atoms with E-state index in [-0.39, 0.29) is 39.0 Å². The third kappa shape index (κ3) is 7.05. The Morgan fingerprint density at radius 1 is 1.17 bits per heavy atom. The maximum atomic E-state index is 12.4. The number of hydrogen-bond acceptors (Lipinski definition) is 6. The molecule has 3 atom stereocenters. The smallest absolute Gasteiger partial charge is 0.326 e. The number of hydrogen-bond donors (Lipinski definition) is 3. The van der Waals surface area contributed by atoms with Crippen molar-refractivity contribution in [1.82, 2.24) is 4.90 Å². The van der Waals surface area contributed by atoms with Crippen molar-refractivity contribution in [2.24, 2.45) is 5.73 Å². The normalized spacial score (nSPS) is 19.6. The van der Waals surface area contributed by atoms with E-state index in [2.05, 4.69) is 0 Å². The van der Waals surface area contributed by atoms with E-state index >= 15 is 0 Å². The van der Waals surface area contributed by atoms with Gasteiger partial charge in [-0.15, -0.1) is 0 Å². The Hall–Kier alpha value is -2.56. The molecule has 1 aromatic carbocycles. The summed E-state index contributed by atoms with van der Waals surface area (Å²) in [5.41, 5.74) is 7.17. The highest BCUT2D eigenvalue weighted by atomic mass is 19.1. The lowest BCUT2D eigenvalue weighted by Gasteiger charge is -2.21. The number of amides is 1. The molecule has 0 radical (unpaired) electrons. The Labute approximate surface area is 173 Å². The van der Waals surface area contributed by atoms with Gasteiger partial charge in [0.2, 0.25) is 5.91 Å². The van der Waals surface area contributed by atoms with E-state index in [0.717, 1.165) is 11.1 Å². The van der Waals surface area contributed by atoms with Gasteiger partial charge in [-0.3, -0.25) is 9.59 Å². The molecule has 0 aromatic heterocycles. The summed E-state index contributed by atoms with van der Waals surface area (Å²) in [5.74, 6) is -2.79. The van der Waals surface area contributed by atoms with Gasteiger partial charge in [0.25, 0.3) is 0 Å². The van der Waals surface area contributed by atoms with Crippen LogP contribution < -0.4 is 5.73 Å². The standard InChI is InChI=1S/C20H27FN2O7/c21-7-8-29-11-13-1-3-14(4-2-13)12-30-15-9-17(20(27)28)23(10-15)18(24)6-5-16(22)19(25)26/h1-4,15-17H,5-12,22H2,(H,25,26)(H,27,28)/t15-,16+,17+/m1/s1. The zero-order chi connectivity index (χ0) is 22.1. The van der Waals surface area contributed by atoms with Crippen molar-refractivity contribution in [3.05, 3.63) is 35.4 Å². The second-order valence-corrected chi connectivity index (χ2v) is 7.11. The zero-order valence-corrected chi connectivity index (χ0v) is 16.5. The summed E-state index contributed by atoms with van der Waals surface area (Å²) in [4.78, 5) is 35.9. The lowest BCUT2D eigenvalue weighted by Crippen LogP contribution is -2.41. The van der Waals surface area contributed by atoms with Crippen LogP contribution in [0.25, 0.3) is 0 Å². The summed E-state index contributed by atoms with van der Waals surface area (Å²) < 4.78 is 23.0. The van der Waals surface area contributed by atoms with E-state index in [0.29, 0.717) is 6.61 Å². The van der Waals surface area contributed by atoms with Gasteiger partial charge in [-0.25, -0.2) is 9.18 Å². The first-order valence-electron chi connectivity index (χ1n) is 9.65. The predicted octanol–water partition coefficient (Wildman–Crippen LogP) is 0.935. The zero-order valence-electron chi connectivity index (χ0n) is 16.5. The van der Waals surface area contributed by atoms with Crippen LogP contribution in [0.3, 0.4) is 0 Å². The Balaban J connectivity index is 1.86. The summed E-state index contributed by atoms with van der Waals surface area (Å²) >= 11 is 0. The van der Waals surface area contributed by atoms with Gasteiger partial charge in [-0.05, 0) is 17.5 Å². The Kier molecular flexibility index (Phi) is 9.15. The average Bonchev–Trinajstić information content (AvgIpc) is 3.16. The summed E-state index contributed by atoms with van der Waals surface area (Å²) in [7, 11) is 0. The number of halogens is 1. The molecule has 1 saturated heterocycles.